The topological polar surface area (TPSA) is 110 Å². The number of hydrazone groups is 1. The minimum Gasteiger partial charge on any atom is -0.488 e. The number of nitrogens with one attached hydrogen (secondary N) is 3. The van der Waals surface area contributed by atoms with Crippen LogP contribution in [-0.4, -0.2) is 36.4 Å². The molecule has 1 aliphatic rings. The third-order valence-corrected chi connectivity index (χ3v) is 6.41. The van der Waals surface area contributed by atoms with Crippen LogP contribution >= 0.6 is 23.8 Å². The number of hydrogen-bond donors (Lipinski definition) is 3. The molecular weight excluding hydrogens is 564 g/mol. The molecule has 212 valence electrons. The predicted molar refractivity (Wildman–Crippen MR) is 161 cm³/mol. The standard InChI is InChI=1S/C30H29ClN4O5S/c1-3-38-29(37)27-19(2)33-30(41)34-28(27)23-11-7-8-12-25(23)40-18-26(36)35-32-16-21-15-22(31)13-14-24(21)39-17-20-9-5-4-6-10-20/h4-16,28H,3,17-18H2,1-2H3,(H,35,36)(H2,33,34,41)/t28-/m0/s1. The third-order valence-electron chi connectivity index (χ3n) is 5.96. The van der Waals surface area contributed by atoms with Crippen molar-refractivity contribution in [3.63, 3.8) is 0 Å². The Kier molecular flexibility index (Phi) is 10.3. The van der Waals surface area contributed by atoms with Crippen molar-refractivity contribution in [2.75, 3.05) is 13.2 Å². The fourth-order valence-corrected chi connectivity index (χ4v) is 4.54. The first kappa shape index (κ1) is 29.6. The van der Waals surface area contributed by atoms with E-state index in [1.165, 1.54) is 6.21 Å². The Morgan fingerprint density at radius 2 is 1.80 bits per heavy atom. The summed E-state index contributed by atoms with van der Waals surface area (Å²) >= 11 is 11.5. The lowest BCUT2D eigenvalue weighted by Gasteiger charge is -2.30. The molecule has 1 aliphatic heterocycles. The quantitative estimate of drug-likeness (QED) is 0.126. The molecule has 3 aromatic rings. The summed E-state index contributed by atoms with van der Waals surface area (Å²) in [6, 6.07) is 21.3. The summed E-state index contributed by atoms with van der Waals surface area (Å²) < 4.78 is 17.0. The Bertz CT molecular complexity index is 1480. The molecule has 0 spiro atoms. The van der Waals surface area contributed by atoms with E-state index >= 15 is 0 Å². The van der Waals surface area contributed by atoms with Gasteiger partial charge < -0.3 is 24.8 Å². The van der Waals surface area contributed by atoms with E-state index in [2.05, 4.69) is 21.2 Å². The van der Waals surface area contributed by atoms with E-state index in [0.717, 1.165) is 5.56 Å². The zero-order valence-electron chi connectivity index (χ0n) is 22.5. The Morgan fingerprint density at radius 1 is 1.05 bits per heavy atom. The highest BCUT2D eigenvalue weighted by Crippen LogP contribution is 2.33. The molecule has 3 N–H and O–H groups in total. The lowest BCUT2D eigenvalue weighted by atomic mass is 9.95. The average Bonchev–Trinajstić information content (AvgIpc) is 2.96. The maximum atomic E-state index is 12.7. The number of amides is 1. The van der Waals surface area contributed by atoms with E-state index in [1.807, 2.05) is 30.3 Å². The molecule has 0 radical (unpaired) electrons. The third kappa shape index (κ3) is 8.06. The molecule has 0 aliphatic carbocycles. The van der Waals surface area contributed by atoms with Crippen LogP contribution in [0.4, 0.5) is 0 Å². The number of carbonyl (C=O) groups excluding carboxylic acids is 2. The number of nitrogens with zero attached hydrogens (tertiary/aromatic N) is 1. The number of carbonyl (C=O) groups is 2. The summed E-state index contributed by atoms with van der Waals surface area (Å²) in [7, 11) is 0. The highest BCUT2D eigenvalue weighted by molar-refractivity contribution is 7.80. The van der Waals surface area contributed by atoms with Crippen LogP contribution in [0, 0.1) is 0 Å². The second-order valence-corrected chi connectivity index (χ2v) is 9.71. The van der Waals surface area contributed by atoms with E-state index in [0.29, 0.717) is 50.6 Å². The smallest absolute Gasteiger partial charge is 0.338 e. The molecule has 3 aromatic carbocycles. The highest BCUT2D eigenvalue weighted by atomic mass is 35.5. The number of halogens is 1. The number of benzene rings is 3. The Morgan fingerprint density at radius 3 is 2.59 bits per heavy atom. The molecule has 0 saturated heterocycles. The molecule has 9 nitrogen and oxygen atoms in total. The van der Waals surface area contributed by atoms with Gasteiger partial charge in [-0.25, -0.2) is 10.2 Å². The maximum absolute atomic E-state index is 12.7. The number of esters is 1. The summed E-state index contributed by atoms with van der Waals surface area (Å²) in [5.74, 6) is -0.00656. The Balaban J connectivity index is 1.41. The fourth-order valence-electron chi connectivity index (χ4n) is 4.09. The Labute approximate surface area is 248 Å². The van der Waals surface area contributed by atoms with Crippen molar-refractivity contribution in [1.82, 2.24) is 16.1 Å². The Hall–Kier alpha value is -4.41. The van der Waals surface area contributed by atoms with Crippen molar-refractivity contribution in [3.8, 4) is 11.5 Å². The van der Waals surface area contributed by atoms with Crippen LogP contribution in [0.2, 0.25) is 5.02 Å². The first-order valence-corrected chi connectivity index (χ1v) is 13.6. The van der Waals surface area contributed by atoms with Gasteiger partial charge in [0.15, 0.2) is 11.7 Å². The van der Waals surface area contributed by atoms with Crippen LogP contribution in [-0.2, 0) is 20.9 Å². The van der Waals surface area contributed by atoms with Crippen molar-refractivity contribution < 1.29 is 23.8 Å². The van der Waals surface area contributed by atoms with Crippen LogP contribution < -0.4 is 25.5 Å². The largest absolute Gasteiger partial charge is 0.488 e. The summed E-state index contributed by atoms with van der Waals surface area (Å²) in [6.45, 7) is 3.75. The number of thiocarbonyl (C=S) groups is 1. The normalized spacial score (nSPS) is 14.7. The molecule has 0 aromatic heterocycles. The second-order valence-electron chi connectivity index (χ2n) is 8.87. The molecule has 0 fully saturated rings. The lowest BCUT2D eigenvalue weighted by molar-refractivity contribution is -0.139. The van der Waals surface area contributed by atoms with E-state index in [1.54, 1.807) is 56.3 Å². The second kappa shape index (κ2) is 14.3. The number of ether oxygens (including phenoxy) is 3. The monoisotopic (exact) mass is 592 g/mol. The van der Waals surface area contributed by atoms with Crippen molar-refractivity contribution in [1.29, 1.82) is 0 Å². The van der Waals surface area contributed by atoms with Crippen LogP contribution in [0.15, 0.2) is 89.2 Å². The van der Waals surface area contributed by atoms with Gasteiger partial charge in [-0.1, -0.05) is 60.1 Å². The summed E-state index contributed by atoms with van der Waals surface area (Å²) in [5, 5.41) is 11.0. The van der Waals surface area contributed by atoms with Crippen molar-refractivity contribution in [3.05, 3.63) is 106 Å². The molecular formula is C30H29ClN4O5S. The van der Waals surface area contributed by atoms with Gasteiger partial charge in [-0.05, 0) is 55.9 Å². The number of allylic oxidation sites excluding steroid dienone is 1. The van der Waals surface area contributed by atoms with Gasteiger partial charge in [0, 0.05) is 21.8 Å². The van der Waals surface area contributed by atoms with Crippen molar-refractivity contribution in [2.24, 2.45) is 5.10 Å². The van der Waals surface area contributed by atoms with Gasteiger partial charge in [-0.3, -0.25) is 4.79 Å². The van der Waals surface area contributed by atoms with E-state index < -0.39 is 17.9 Å². The lowest BCUT2D eigenvalue weighted by Crippen LogP contribution is -2.45. The molecule has 0 bridgehead atoms. The minimum atomic E-state index is -0.628. The summed E-state index contributed by atoms with van der Waals surface area (Å²) in [4.78, 5) is 25.3. The summed E-state index contributed by atoms with van der Waals surface area (Å²) in [6.07, 6.45) is 1.46. The van der Waals surface area contributed by atoms with E-state index in [-0.39, 0.29) is 13.2 Å². The van der Waals surface area contributed by atoms with E-state index in [4.69, 9.17) is 38.0 Å². The molecule has 41 heavy (non-hydrogen) atoms. The maximum Gasteiger partial charge on any atom is 0.338 e. The van der Waals surface area contributed by atoms with Gasteiger partial charge in [-0.2, -0.15) is 5.10 Å². The zero-order chi connectivity index (χ0) is 29.2. The van der Waals surface area contributed by atoms with Crippen molar-refractivity contribution in [2.45, 2.75) is 26.5 Å². The molecule has 1 heterocycles. The first-order valence-electron chi connectivity index (χ1n) is 12.8. The van der Waals surface area contributed by atoms with E-state index in [9.17, 15) is 9.59 Å². The minimum absolute atomic E-state index is 0.224. The summed E-state index contributed by atoms with van der Waals surface area (Å²) in [5.41, 5.74) is 5.63. The SMILES string of the molecule is CCOC(=O)C1=C(C)NC(=S)N[C@H]1c1ccccc1OCC(=O)NN=Cc1cc(Cl)ccc1OCc1ccccc1. The van der Waals surface area contributed by atoms with Gasteiger partial charge in [0.25, 0.3) is 5.91 Å². The number of rotatable bonds is 11. The van der Waals surface area contributed by atoms with Crippen LogP contribution in [0.25, 0.3) is 0 Å². The predicted octanol–water partition coefficient (Wildman–Crippen LogP) is 4.80. The van der Waals surface area contributed by atoms with Gasteiger partial charge in [0.1, 0.15) is 18.1 Å². The number of para-hydroxylation sites is 1. The average molecular weight is 593 g/mol. The number of hydrogen-bond acceptors (Lipinski definition) is 7. The van der Waals surface area contributed by atoms with Gasteiger partial charge in [-0.15, -0.1) is 0 Å². The molecule has 1 atom stereocenters. The van der Waals surface area contributed by atoms with Gasteiger partial charge >= 0.3 is 5.97 Å². The van der Waals surface area contributed by atoms with Crippen molar-refractivity contribution >= 4 is 47.0 Å². The molecule has 0 unspecified atom stereocenters. The van der Waals surface area contributed by atoms with Gasteiger partial charge in [0.05, 0.1) is 24.4 Å². The highest BCUT2D eigenvalue weighted by Gasteiger charge is 2.32. The fraction of sp³-hybridized carbons (Fsp3) is 0.200. The molecule has 11 heteroatoms. The molecule has 0 saturated carbocycles. The molecule has 1 amide bonds. The van der Waals surface area contributed by atoms with Crippen LogP contribution in [0.5, 0.6) is 11.5 Å². The van der Waals surface area contributed by atoms with Gasteiger partial charge in [0.2, 0.25) is 0 Å². The van der Waals surface area contributed by atoms with Crippen LogP contribution in [0.3, 0.4) is 0 Å². The van der Waals surface area contributed by atoms with Crippen LogP contribution in [0.1, 0.15) is 36.6 Å². The zero-order valence-corrected chi connectivity index (χ0v) is 24.1. The molecule has 4 rings (SSSR count). The first-order chi connectivity index (χ1) is 19.9.